The van der Waals surface area contributed by atoms with Crippen molar-refractivity contribution >= 4 is 0 Å². The first-order chi connectivity index (χ1) is 6.24. The molecule has 0 aliphatic carbocycles. The Morgan fingerprint density at radius 2 is 2.15 bits per heavy atom. The van der Waals surface area contributed by atoms with E-state index < -0.39 is 0 Å². The molecule has 1 heterocycles. The lowest BCUT2D eigenvalue weighted by molar-refractivity contribution is 0.213. The molecular weight excluding hydrogens is 165 g/mol. The molecule has 0 aromatic rings. The fraction of sp³-hybridized carbons (Fsp3) is 0.818. The van der Waals surface area contributed by atoms with E-state index >= 15 is 0 Å². The Hall–Kier alpha value is -0.370. The van der Waals surface area contributed by atoms with Crippen molar-refractivity contribution in [2.45, 2.75) is 39.7 Å². The number of allylic oxidation sites excluding steroid dienone is 1. The van der Waals surface area contributed by atoms with E-state index in [0.717, 1.165) is 19.4 Å². The molecule has 0 saturated carbocycles. The van der Waals surface area contributed by atoms with Crippen LogP contribution in [0.1, 0.15) is 33.6 Å². The lowest BCUT2D eigenvalue weighted by Crippen LogP contribution is -2.32. The number of hydrogen-bond acceptors (Lipinski definition) is 1. The van der Waals surface area contributed by atoms with E-state index in [4.69, 9.17) is 0 Å². The van der Waals surface area contributed by atoms with Crippen molar-refractivity contribution in [2.75, 3.05) is 20.3 Å². The second-order valence-corrected chi connectivity index (χ2v) is 3.34. The van der Waals surface area contributed by atoms with Crippen molar-refractivity contribution in [1.29, 1.82) is 0 Å². The van der Waals surface area contributed by atoms with Gasteiger partial charge in [0.05, 0.1) is 0 Å². The molecule has 2 heteroatoms. The Morgan fingerprint density at radius 3 is 2.69 bits per heavy atom. The lowest BCUT2D eigenvalue weighted by atomic mass is 10.1. The fourth-order valence-electron chi connectivity index (χ4n) is 1.36. The van der Waals surface area contributed by atoms with Crippen molar-refractivity contribution in [3.63, 3.8) is 0 Å². The minimum absolute atomic E-state index is 0.142. The largest absolute Gasteiger partial charge is 0.297 e. The molecule has 1 nitrogen and oxygen atoms in total. The summed E-state index contributed by atoms with van der Waals surface area (Å²) in [5.74, 6) is 0. The van der Waals surface area contributed by atoms with Gasteiger partial charge in [0.1, 0.15) is 6.67 Å². The van der Waals surface area contributed by atoms with Gasteiger partial charge in [0, 0.05) is 12.6 Å². The molecule has 1 rings (SSSR count). The van der Waals surface area contributed by atoms with Crippen LogP contribution in [0.2, 0.25) is 0 Å². The van der Waals surface area contributed by atoms with Crippen LogP contribution in [-0.2, 0) is 0 Å². The molecular formula is C11H22FN. The summed E-state index contributed by atoms with van der Waals surface area (Å²) in [5, 5.41) is 0. The summed E-state index contributed by atoms with van der Waals surface area (Å²) >= 11 is 0. The molecule has 0 aromatic carbocycles. The predicted molar refractivity (Wildman–Crippen MR) is 56.7 cm³/mol. The van der Waals surface area contributed by atoms with Gasteiger partial charge in [0.15, 0.2) is 0 Å². The average Bonchev–Trinajstić information content (AvgIpc) is 2.33. The first-order valence-electron chi connectivity index (χ1n) is 5.16. The molecule has 0 spiro atoms. The number of halogens is 1. The SMILES string of the molecule is CC.CC1=CCN(C)C(CF)CC1. The molecule has 0 radical (unpaired) electrons. The second kappa shape index (κ2) is 7.07. The number of likely N-dealkylation sites (N-methyl/N-ethyl adjacent to an activating group) is 1. The summed E-state index contributed by atoms with van der Waals surface area (Å²) in [5.41, 5.74) is 1.40. The Labute approximate surface area is 81.6 Å². The van der Waals surface area contributed by atoms with Gasteiger partial charge in [-0.2, -0.15) is 0 Å². The Morgan fingerprint density at radius 1 is 1.54 bits per heavy atom. The van der Waals surface area contributed by atoms with Gasteiger partial charge in [-0.05, 0) is 26.8 Å². The van der Waals surface area contributed by atoms with E-state index in [-0.39, 0.29) is 12.7 Å². The topological polar surface area (TPSA) is 3.24 Å². The standard InChI is InChI=1S/C9H16FN.C2H6/c1-8-3-4-9(7-10)11(2)6-5-8;1-2/h5,9H,3-4,6-7H2,1-2H3;1-2H3. The van der Waals surface area contributed by atoms with Crippen LogP contribution in [0.4, 0.5) is 4.39 Å². The zero-order chi connectivity index (χ0) is 10.3. The molecule has 1 aliphatic heterocycles. The van der Waals surface area contributed by atoms with E-state index in [1.165, 1.54) is 5.57 Å². The van der Waals surface area contributed by atoms with Gasteiger partial charge in [-0.3, -0.25) is 4.90 Å². The average molecular weight is 187 g/mol. The quantitative estimate of drug-likeness (QED) is 0.570. The van der Waals surface area contributed by atoms with E-state index in [9.17, 15) is 4.39 Å². The van der Waals surface area contributed by atoms with E-state index in [0.29, 0.717) is 0 Å². The molecule has 1 atom stereocenters. The maximum atomic E-state index is 12.4. The third kappa shape index (κ3) is 4.41. The van der Waals surface area contributed by atoms with Gasteiger partial charge in [-0.15, -0.1) is 0 Å². The van der Waals surface area contributed by atoms with Crippen LogP contribution < -0.4 is 0 Å². The highest BCUT2D eigenvalue weighted by atomic mass is 19.1. The fourth-order valence-corrected chi connectivity index (χ4v) is 1.36. The highest BCUT2D eigenvalue weighted by Crippen LogP contribution is 2.15. The van der Waals surface area contributed by atoms with Gasteiger partial charge >= 0.3 is 0 Å². The van der Waals surface area contributed by atoms with Crippen molar-refractivity contribution in [2.24, 2.45) is 0 Å². The van der Waals surface area contributed by atoms with Gasteiger partial charge in [0.2, 0.25) is 0 Å². The summed E-state index contributed by atoms with van der Waals surface area (Å²) in [4.78, 5) is 2.08. The van der Waals surface area contributed by atoms with E-state index in [1.54, 1.807) is 0 Å². The normalized spacial score (nSPS) is 24.1. The van der Waals surface area contributed by atoms with Gasteiger partial charge in [-0.25, -0.2) is 4.39 Å². The Bertz CT molecular complexity index is 154. The van der Waals surface area contributed by atoms with Crippen LogP contribution in [0.3, 0.4) is 0 Å². The Kier molecular flexibility index (Phi) is 6.87. The first kappa shape index (κ1) is 12.6. The third-order valence-electron chi connectivity index (χ3n) is 2.40. The molecule has 78 valence electrons. The van der Waals surface area contributed by atoms with Gasteiger partial charge in [0.25, 0.3) is 0 Å². The zero-order valence-electron chi connectivity index (χ0n) is 9.31. The summed E-state index contributed by atoms with van der Waals surface area (Å²) in [6, 6.07) is 0.142. The molecule has 13 heavy (non-hydrogen) atoms. The lowest BCUT2D eigenvalue weighted by Gasteiger charge is -2.21. The summed E-state index contributed by atoms with van der Waals surface area (Å²) < 4.78 is 12.4. The molecule has 0 bridgehead atoms. The van der Waals surface area contributed by atoms with Crippen LogP contribution >= 0.6 is 0 Å². The van der Waals surface area contributed by atoms with Gasteiger partial charge in [-0.1, -0.05) is 25.5 Å². The smallest absolute Gasteiger partial charge is 0.105 e. The van der Waals surface area contributed by atoms with E-state index in [1.807, 2.05) is 20.9 Å². The minimum atomic E-state index is -0.211. The van der Waals surface area contributed by atoms with E-state index in [2.05, 4.69) is 17.9 Å². The highest BCUT2D eigenvalue weighted by Gasteiger charge is 2.15. The van der Waals surface area contributed by atoms with Gasteiger partial charge < -0.3 is 0 Å². The van der Waals surface area contributed by atoms with Crippen molar-refractivity contribution in [3.8, 4) is 0 Å². The maximum absolute atomic E-state index is 12.4. The predicted octanol–water partition coefficient (Wildman–Crippen LogP) is 3.02. The third-order valence-corrected chi connectivity index (χ3v) is 2.40. The van der Waals surface area contributed by atoms with Crippen molar-refractivity contribution in [1.82, 2.24) is 4.90 Å². The first-order valence-corrected chi connectivity index (χ1v) is 5.16. The summed E-state index contributed by atoms with van der Waals surface area (Å²) in [7, 11) is 1.99. The molecule has 1 aliphatic rings. The highest BCUT2D eigenvalue weighted by molar-refractivity contribution is 5.02. The number of hydrogen-bond donors (Lipinski definition) is 0. The molecule has 0 fully saturated rings. The summed E-state index contributed by atoms with van der Waals surface area (Å²) in [6.07, 6.45) is 4.21. The minimum Gasteiger partial charge on any atom is -0.297 e. The number of alkyl halides is 1. The summed E-state index contributed by atoms with van der Waals surface area (Å²) in [6.45, 7) is 6.81. The van der Waals surface area contributed by atoms with Crippen LogP contribution in [0.5, 0.6) is 0 Å². The molecule has 1 unspecified atom stereocenters. The number of nitrogens with zero attached hydrogens (tertiary/aromatic N) is 1. The monoisotopic (exact) mass is 187 g/mol. The Balaban J connectivity index is 0.000000671. The molecule has 0 aromatic heterocycles. The van der Waals surface area contributed by atoms with Crippen molar-refractivity contribution in [3.05, 3.63) is 11.6 Å². The van der Waals surface area contributed by atoms with Crippen LogP contribution in [0.15, 0.2) is 11.6 Å². The zero-order valence-corrected chi connectivity index (χ0v) is 9.31. The van der Waals surface area contributed by atoms with Crippen LogP contribution in [0.25, 0.3) is 0 Å². The molecule has 0 N–H and O–H groups in total. The second-order valence-electron chi connectivity index (χ2n) is 3.34. The maximum Gasteiger partial charge on any atom is 0.105 e. The molecule has 0 saturated heterocycles. The molecule has 0 amide bonds. The van der Waals surface area contributed by atoms with Crippen molar-refractivity contribution < 1.29 is 4.39 Å². The number of rotatable bonds is 1. The van der Waals surface area contributed by atoms with Crippen LogP contribution in [-0.4, -0.2) is 31.2 Å². The van der Waals surface area contributed by atoms with Crippen LogP contribution in [0, 0.1) is 0 Å².